The van der Waals surface area contributed by atoms with Crippen LogP contribution < -0.4 is 0 Å². The van der Waals surface area contributed by atoms with Crippen molar-refractivity contribution in [2.45, 2.75) is 11.3 Å². The molecule has 1 aliphatic carbocycles. The van der Waals surface area contributed by atoms with Gasteiger partial charge in [0.05, 0.1) is 5.71 Å². The van der Waals surface area contributed by atoms with Gasteiger partial charge in [0.1, 0.15) is 6.61 Å². The van der Waals surface area contributed by atoms with Gasteiger partial charge in [0.15, 0.2) is 0 Å². The maximum absolute atomic E-state index is 5.17. The molecular formula is C11H10BrNOS. The molecule has 0 saturated carbocycles. The zero-order valence-electron chi connectivity index (χ0n) is 8.29. The normalized spacial score (nSPS) is 22.0. The third kappa shape index (κ3) is 1.35. The molecule has 0 fully saturated rings. The predicted molar refractivity (Wildman–Crippen MR) is 65.6 cm³/mol. The fourth-order valence-electron chi connectivity index (χ4n) is 2.25. The van der Waals surface area contributed by atoms with Gasteiger partial charge in [-0.3, -0.25) is 0 Å². The van der Waals surface area contributed by atoms with Crippen molar-refractivity contribution in [2.75, 3.05) is 12.9 Å². The summed E-state index contributed by atoms with van der Waals surface area (Å²) in [5.74, 6) is 0.476. The number of hydrogen-bond donors (Lipinski definition) is 0. The molecule has 0 radical (unpaired) electrons. The molecule has 78 valence electrons. The van der Waals surface area contributed by atoms with E-state index in [1.54, 1.807) is 11.8 Å². The molecule has 15 heavy (non-hydrogen) atoms. The van der Waals surface area contributed by atoms with Gasteiger partial charge in [0.25, 0.3) is 0 Å². The Kier molecular flexibility index (Phi) is 2.29. The molecule has 0 amide bonds. The smallest absolute Gasteiger partial charge is 0.126 e. The van der Waals surface area contributed by atoms with Crippen LogP contribution >= 0.6 is 27.7 Å². The fraction of sp³-hybridized carbons (Fsp3) is 0.364. The summed E-state index contributed by atoms with van der Waals surface area (Å²) in [5.41, 5.74) is 3.85. The molecule has 4 heteroatoms. The van der Waals surface area contributed by atoms with Gasteiger partial charge < -0.3 is 4.84 Å². The van der Waals surface area contributed by atoms with E-state index in [-0.39, 0.29) is 0 Å². The van der Waals surface area contributed by atoms with Crippen molar-refractivity contribution >= 4 is 33.4 Å². The molecule has 1 aromatic carbocycles. The largest absolute Gasteiger partial charge is 0.395 e. The average molecular weight is 284 g/mol. The van der Waals surface area contributed by atoms with Crippen molar-refractivity contribution in [1.29, 1.82) is 0 Å². The number of nitrogens with zero attached hydrogens (tertiary/aromatic N) is 1. The van der Waals surface area contributed by atoms with Crippen LogP contribution in [0.15, 0.2) is 26.7 Å². The third-order valence-electron chi connectivity index (χ3n) is 2.97. The monoisotopic (exact) mass is 283 g/mol. The van der Waals surface area contributed by atoms with E-state index in [2.05, 4.69) is 39.5 Å². The van der Waals surface area contributed by atoms with Crippen LogP contribution in [0, 0.1) is 5.92 Å². The van der Waals surface area contributed by atoms with Crippen molar-refractivity contribution < 1.29 is 4.84 Å². The van der Waals surface area contributed by atoms with E-state index in [1.807, 2.05) is 0 Å². The Hall–Kier alpha value is -0.480. The summed E-state index contributed by atoms with van der Waals surface area (Å²) < 4.78 is 1.20. The molecule has 0 spiro atoms. The zero-order valence-corrected chi connectivity index (χ0v) is 10.7. The van der Waals surface area contributed by atoms with Crippen LogP contribution in [0.2, 0.25) is 0 Å². The summed E-state index contributed by atoms with van der Waals surface area (Å²) in [6, 6.07) is 4.28. The summed E-state index contributed by atoms with van der Waals surface area (Å²) in [6.45, 7) is 0.740. The van der Waals surface area contributed by atoms with E-state index >= 15 is 0 Å². The molecule has 2 nitrogen and oxygen atoms in total. The number of hydrogen-bond acceptors (Lipinski definition) is 3. The first-order chi connectivity index (χ1) is 7.31. The molecule has 3 rings (SSSR count). The summed E-state index contributed by atoms with van der Waals surface area (Å²) in [6.07, 6.45) is 3.16. The minimum atomic E-state index is 0.476. The topological polar surface area (TPSA) is 21.6 Å². The number of fused-ring (bicyclic) bond motifs is 3. The molecule has 1 unspecified atom stereocenters. The Balaban J connectivity index is 2.24. The van der Waals surface area contributed by atoms with E-state index in [1.165, 1.54) is 20.5 Å². The van der Waals surface area contributed by atoms with Gasteiger partial charge in [0, 0.05) is 20.8 Å². The molecule has 0 bridgehead atoms. The second-order valence-electron chi connectivity index (χ2n) is 3.78. The number of thioether (sulfide) groups is 1. The Labute approximate surface area is 101 Å². The molecule has 0 aromatic heterocycles. The lowest BCUT2D eigenvalue weighted by Gasteiger charge is -2.07. The molecule has 1 aromatic rings. The maximum atomic E-state index is 5.17. The maximum Gasteiger partial charge on any atom is 0.126 e. The molecule has 1 heterocycles. The number of oxime groups is 1. The highest BCUT2D eigenvalue weighted by atomic mass is 79.9. The SMILES string of the molecule is CSc1ccc(Br)c2c1C1=NOCC1C2. The van der Waals surface area contributed by atoms with E-state index in [4.69, 9.17) is 4.84 Å². The molecular weight excluding hydrogens is 274 g/mol. The van der Waals surface area contributed by atoms with Crippen LogP contribution in [0.5, 0.6) is 0 Å². The lowest BCUT2D eigenvalue weighted by molar-refractivity contribution is 0.154. The molecule has 1 aliphatic heterocycles. The first kappa shape index (κ1) is 9.73. The van der Waals surface area contributed by atoms with E-state index in [9.17, 15) is 0 Å². The fourth-order valence-corrected chi connectivity index (χ4v) is 3.38. The Morgan fingerprint density at radius 2 is 2.40 bits per heavy atom. The highest BCUT2D eigenvalue weighted by molar-refractivity contribution is 9.10. The van der Waals surface area contributed by atoms with Gasteiger partial charge in [-0.05, 0) is 30.4 Å². The molecule has 2 aliphatic rings. The van der Waals surface area contributed by atoms with Crippen LogP contribution in [-0.4, -0.2) is 18.6 Å². The number of benzene rings is 1. The number of halogens is 1. The van der Waals surface area contributed by atoms with Gasteiger partial charge >= 0.3 is 0 Å². The molecule has 0 saturated heterocycles. The van der Waals surface area contributed by atoms with Gasteiger partial charge in [0.2, 0.25) is 0 Å². The van der Waals surface area contributed by atoms with Crippen molar-refractivity contribution in [3.05, 3.63) is 27.7 Å². The first-order valence-electron chi connectivity index (χ1n) is 4.87. The number of rotatable bonds is 1. The highest BCUT2D eigenvalue weighted by Gasteiger charge is 2.36. The highest BCUT2D eigenvalue weighted by Crippen LogP contribution is 2.40. The van der Waals surface area contributed by atoms with Gasteiger partial charge in [-0.25, -0.2) is 0 Å². The minimum absolute atomic E-state index is 0.476. The van der Waals surface area contributed by atoms with Gasteiger partial charge in [-0.2, -0.15) is 0 Å². The van der Waals surface area contributed by atoms with E-state index in [0.717, 1.165) is 18.7 Å². The van der Waals surface area contributed by atoms with Crippen LogP contribution in [0.1, 0.15) is 11.1 Å². The molecule has 1 atom stereocenters. The van der Waals surface area contributed by atoms with E-state index in [0.29, 0.717) is 5.92 Å². The van der Waals surface area contributed by atoms with E-state index < -0.39 is 0 Å². The third-order valence-corrected chi connectivity index (χ3v) is 4.49. The Morgan fingerprint density at radius 1 is 1.53 bits per heavy atom. The lowest BCUT2D eigenvalue weighted by atomic mass is 10.1. The van der Waals surface area contributed by atoms with Gasteiger partial charge in [-0.15, -0.1) is 11.8 Å². The standard InChI is InChI=1S/C11H10BrNOS/c1-15-9-3-2-8(12)7-4-6-5-14-13-11(6)10(7)9/h2-3,6H,4-5H2,1H3. The summed E-state index contributed by atoms with van der Waals surface area (Å²) in [7, 11) is 0. The Bertz CT molecular complexity index is 458. The van der Waals surface area contributed by atoms with Crippen molar-refractivity contribution in [2.24, 2.45) is 11.1 Å². The van der Waals surface area contributed by atoms with Crippen LogP contribution in [0.25, 0.3) is 0 Å². The van der Waals surface area contributed by atoms with Crippen molar-refractivity contribution in [3.8, 4) is 0 Å². The summed E-state index contributed by atoms with van der Waals surface area (Å²) >= 11 is 5.39. The molecule has 0 N–H and O–H groups in total. The van der Waals surface area contributed by atoms with Crippen LogP contribution in [0.4, 0.5) is 0 Å². The second kappa shape index (κ2) is 3.52. The predicted octanol–water partition coefficient (Wildman–Crippen LogP) is 3.08. The zero-order chi connectivity index (χ0) is 10.4. The first-order valence-corrected chi connectivity index (χ1v) is 6.88. The van der Waals surface area contributed by atoms with Crippen LogP contribution in [0.3, 0.4) is 0 Å². The summed E-state index contributed by atoms with van der Waals surface area (Å²) in [5, 5.41) is 4.17. The van der Waals surface area contributed by atoms with Gasteiger partial charge in [-0.1, -0.05) is 21.1 Å². The average Bonchev–Trinajstić information content (AvgIpc) is 2.79. The summed E-state index contributed by atoms with van der Waals surface area (Å²) in [4.78, 5) is 6.48. The van der Waals surface area contributed by atoms with Crippen molar-refractivity contribution in [3.63, 3.8) is 0 Å². The minimum Gasteiger partial charge on any atom is -0.395 e. The van der Waals surface area contributed by atoms with Crippen molar-refractivity contribution in [1.82, 2.24) is 0 Å². The Morgan fingerprint density at radius 3 is 3.20 bits per heavy atom. The van der Waals surface area contributed by atoms with Crippen LogP contribution in [-0.2, 0) is 11.3 Å². The lowest BCUT2D eigenvalue weighted by Crippen LogP contribution is -2.08. The second-order valence-corrected chi connectivity index (χ2v) is 5.48. The quantitative estimate of drug-likeness (QED) is 0.739.